The molecule has 5 heteroatoms. The number of hydrogen-bond donors (Lipinski definition) is 2. The number of nitrogens with one attached hydrogen (secondary N) is 1. The fourth-order valence-electron chi connectivity index (χ4n) is 3.21. The molecule has 96 valence electrons. The standard InChI is InChI=1S/C13H16N2O3/c16-11-9-2-1-7-15(12(17)18)10(9)8-13(11)3-5-14-6-4-13/h1-2,14H,3-8H2,(H,17,18). The molecular weight excluding hydrogens is 232 g/mol. The van der Waals surface area contributed by atoms with Gasteiger partial charge in [0.1, 0.15) is 0 Å². The Morgan fingerprint density at radius 2 is 2.11 bits per heavy atom. The second-order valence-electron chi connectivity index (χ2n) is 5.19. The molecule has 0 unspecified atom stereocenters. The van der Waals surface area contributed by atoms with Crippen LogP contribution in [-0.2, 0) is 4.79 Å². The molecule has 3 rings (SSSR count). The summed E-state index contributed by atoms with van der Waals surface area (Å²) in [5.41, 5.74) is 0.973. The van der Waals surface area contributed by atoms with Crippen molar-refractivity contribution in [3.8, 4) is 0 Å². The van der Waals surface area contributed by atoms with E-state index in [1.54, 1.807) is 12.2 Å². The molecule has 18 heavy (non-hydrogen) atoms. The fourth-order valence-corrected chi connectivity index (χ4v) is 3.21. The number of piperidine rings is 1. The van der Waals surface area contributed by atoms with Gasteiger partial charge in [-0.1, -0.05) is 12.2 Å². The molecule has 2 aliphatic heterocycles. The molecule has 1 amide bonds. The van der Waals surface area contributed by atoms with Crippen LogP contribution >= 0.6 is 0 Å². The van der Waals surface area contributed by atoms with Gasteiger partial charge < -0.3 is 10.4 Å². The van der Waals surface area contributed by atoms with Gasteiger partial charge in [0.2, 0.25) is 0 Å². The number of ketones is 1. The minimum atomic E-state index is -0.967. The first-order valence-corrected chi connectivity index (χ1v) is 6.30. The van der Waals surface area contributed by atoms with Crippen LogP contribution in [0.25, 0.3) is 0 Å². The van der Waals surface area contributed by atoms with Gasteiger partial charge in [0, 0.05) is 29.7 Å². The summed E-state index contributed by atoms with van der Waals surface area (Å²) >= 11 is 0. The summed E-state index contributed by atoms with van der Waals surface area (Å²) in [6.45, 7) is 2.03. The highest BCUT2D eigenvalue weighted by atomic mass is 16.4. The summed E-state index contributed by atoms with van der Waals surface area (Å²) in [4.78, 5) is 25.0. The Morgan fingerprint density at radius 1 is 1.39 bits per heavy atom. The van der Waals surface area contributed by atoms with Gasteiger partial charge in [0.15, 0.2) is 5.78 Å². The lowest BCUT2D eigenvalue weighted by molar-refractivity contribution is -0.124. The Morgan fingerprint density at radius 3 is 2.78 bits per heavy atom. The van der Waals surface area contributed by atoms with Gasteiger partial charge in [0.05, 0.1) is 0 Å². The molecule has 0 atom stereocenters. The summed E-state index contributed by atoms with van der Waals surface area (Å²) < 4.78 is 0. The fraction of sp³-hybridized carbons (Fsp3) is 0.538. The van der Waals surface area contributed by atoms with E-state index in [0.717, 1.165) is 25.9 Å². The van der Waals surface area contributed by atoms with Crippen LogP contribution in [0.15, 0.2) is 23.4 Å². The average Bonchev–Trinajstić information content (AvgIpc) is 2.64. The van der Waals surface area contributed by atoms with E-state index < -0.39 is 6.09 Å². The van der Waals surface area contributed by atoms with Crippen LogP contribution in [-0.4, -0.2) is 41.5 Å². The van der Waals surface area contributed by atoms with E-state index in [1.165, 1.54) is 4.90 Å². The molecule has 0 saturated carbocycles. The van der Waals surface area contributed by atoms with Crippen molar-refractivity contribution < 1.29 is 14.7 Å². The number of carbonyl (C=O) groups is 2. The summed E-state index contributed by atoms with van der Waals surface area (Å²) in [5.74, 6) is 0.140. The van der Waals surface area contributed by atoms with Crippen LogP contribution in [0.5, 0.6) is 0 Å². The number of carbonyl (C=O) groups excluding carboxylic acids is 1. The van der Waals surface area contributed by atoms with Crippen LogP contribution < -0.4 is 5.32 Å². The summed E-state index contributed by atoms with van der Waals surface area (Å²) in [6, 6.07) is 0. The molecule has 5 nitrogen and oxygen atoms in total. The van der Waals surface area contributed by atoms with E-state index in [9.17, 15) is 14.7 Å². The highest BCUT2D eigenvalue weighted by Gasteiger charge is 2.49. The SMILES string of the molecule is O=C(O)N1CC=CC2=C1CC1(CCNCC1)C2=O. The van der Waals surface area contributed by atoms with Crippen molar-refractivity contribution in [2.45, 2.75) is 19.3 Å². The third-order valence-corrected chi connectivity index (χ3v) is 4.23. The minimum Gasteiger partial charge on any atom is -0.465 e. The van der Waals surface area contributed by atoms with Crippen LogP contribution in [0.2, 0.25) is 0 Å². The number of amides is 1. The van der Waals surface area contributed by atoms with Crippen LogP contribution in [0.4, 0.5) is 4.79 Å². The van der Waals surface area contributed by atoms with Gasteiger partial charge in [0.25, 0.3) is 0 Å². The van der Waals surface area contributed by atoms with Gasteiger partial charge >= 0.3 is 6.09 Å². The maximum atomic E-state index is 12.5. The normalized spacial score (nSPS) is 25.8. The lowest BCUT2D eigenvalue weighted by Gasteiger charge is -2.33. The maximum Gasteiger partial charge on any atom is 0.411 e. The molecule has 1 saturated heterocycles. The lowest BCUT2D eigenvalue weighted by Crippen LogP contribution is -2.40. The monoisotopic (exact) mass is 248 g/mol. The smallest absolute Gasteiger partial charge is 0.411 e. The van der Waals surface area contributed by atoms with Crippen molar-refractivity contribution in [2.75, 3.05) is 19.6 Å². The quantitative estimate of drug-likeness (QED) is 0.674. The second kappa shape index (κ2) is 3.95. The van der Waals surface area contributed by atoms with Crippen molar-refractivity contribution >= 4 is 11.9 Å². The number of Topliss-reactive ketones (excluding diaryl/α,β-unsaturated/α-hetero) is 1. The van der Waals surface area contributed by atoms with E-state index in [4.69, 9.17) is 0 Å². The van der Waals surface area contributed by atoms with Crippen molar-refractivity contribution in [3.63, 3.8) is 0 Å². The van der Waals surface area contributed by atoms with Gasteiger partial charge in [-0.05, 0) is 25.9 Å². The first kappa shape index (κ1) is 11.5. The Balaban J connectivity index is 1.95. The number of rotatable bonds is 0. The van der Waals surface area contributed by atoms with Gasteiger partial charge in [-0.3, -0.25) is 9.69 Å². The van der Waals surface area contributed by atoms with E-state index >= 15 is 0 Å². The van der Waals surface area contributed by atoms with Crippen molar-refractivity contribution in [3.05, 3.63) is 23.4 Å². The van der Waals surface area contributed by atoms with Gasteiger partial charge in [-0.25, -0.2) is 4.79 Å². The van der Waals surface area contributed by atoms with Crippen molar-refractivity contribution in [1.29, 1.82) is 0 Å². The summed E-state index contributed by atoms with van der Waals surface area (Å²) in [7, 11) is 0. The zero-order valence-corrected chi connectivity index (χ0v) is 10.1. The lowest BCUT2D eigenvalue weighted by atomic mass is 9.75. The highest BCUT2D eigenvalue weighted by Crippen LogP contribution is 2.47. The van der Waals surface area contributed by atoms with E-state index in [1.807, 2.05) is 0 Å². The molecule has 1 aliphatic carbocycles. The topological polar surface area (TPSA) is 69.6 Å². The van der Waals surface area contributed by atoms with E-state index in [-0.39, 0.29) is 11.2 Å². The number of hydrogen-bond acceptors (Lipinski definition) is 3. The van der Waals surface area contributed by atoms with E-state index in [2.05, 4.69) is 5.32 Å². The predicted octanol–water partition coefficient (Wildman–Crippen LogP) is 1.13. The third kappa shape index (κ3) is 1.50. The molecule has 3 aliphatic rings. The van der Waals surface area contributed by atoms with Crippen molar-refractivity contribution in [1.82, 2.24) is 10.2 Å². The molecule has 1 fully saturated rings. The molecule has 0 aromatic carbocycles. The number of carboxylic acid groups (broad SMARTS) is 1. The highest BCUT2D eigenvalue weighted by molar-refractivity contribution is 6.06. The molecule has 0 radical (unpaired) electrons. The molecule has 0 aromatic heterocycles. The first-order valence-electron chi connectivity index (χ1n) is 6.30. The molecule has 2 N–H and O–H groups in total. The third-order valence-electron chi connectivity index (χ3n) is 4.23. The average molecular weight is 248 g/mol. The molecule has 0 bridgehead atoms. The second-order valence-corrected chi connectivity index (χ2v) is 5.19. The zero-order chi connectivity index (χ0) is 12.8. The predicted molar refractivity (Wildman–Crippen MR) is 65.1 cm³/mol. The zero-order valence-electron chi connectivity index (χ0n) is 10.1. The Labute approximate surface area is 105 Å². The summed E-state index contributed by atoms with van der Waals surface area (Å²) in [6.07, 6.45) is 4.78. The molecular formula is C13H16N2O3. The first-order chi connectivity index (χ1) is 8.64. The van der Waals surface area contributed by atoms with Gasteiger partial charge in [-0.15, -0.1) is 0 Å². The minimum absolute atomic E-state index is 0.140. The molecule has 1 spiro atoms. The Bertz CT molecular complexity index is 473. The Kier molecular flexibility index (Phi) is 2.52. The van der Waals surface area contributed by atoms with Crippen LogP contribution in [0.3, 0.4) is 0 Å². The van der Waals surface area contributed by atoms with Gasteiger partial charge in [-0.2, -0.15) is 0 Å². The van der Waals surface area contributed by atoms with E-state index in [0.29, 0.717) is 24.2 Å². The Hall–Kier alpha value is -1.62. The molecule has 0 aromatic rings. The van der Waals surface area contributed by atoms with Crippen molar-refractivity contribution in [2.24, 2.45) is 5.41 Å². The number of allylic oxidation sites excluding steroid dienone is 3. The molecule has 2 heterocycles. The largest absolute Gasteiger partial charge is 0.465 e. The maximum absolute atomic E-state index is 12.5. The van der Waals surface area contributed by atoms with Crippen LogP contribution in [0, 0.1) is 5.41 Å². The number of nitrogens with zero attached hydrogens (tertiary/aromatic N) is 1. The summed E-state index contributed by atoms with van der Waals surface area (Å²) in [5, 5.41) is 12.4. The van der Waals surface area contributed by atoms with Crippen LogP contribution in [0.1, 0.15) is 19.3 Å².